The minimum atomic E-state index is -0.732. The van der Waals surface area contributed by atoms with Gasteiger partial charge >= 0.3 is 0 Å². The van der Waals surface area contributed by atoms with Crippen LogP contribution < -0.4 is 0 Å². The predicted octanol–water partition coefficient (Wildman–Crippen LogP) is 1.05. The van der Waals surface area contributed by atoms with Crippen molar-refractivity contribution in [3.8, 4) is 0 Å². The van der Waals surface area contributed by atoms with Gasteiger partial charge in [-0.3, -0.25) is 0 Å². The maximum atomic E-state index is 10.4. The van der Waals surface area contributed by atoms with Crippen LogP contribution in [0.3, 0.4) is 0 Å². The first kappa shape index (κ1) is 20.1. The van der Waals surface area contributed by atoms with E-state index in [1.807, 2.05) is 27.7 Å². The van der Waals surface area contributed by atoms with Gasteiger partial charge in [0.05, 0.1) is 17.9 Å². The molecule has 0 heterocycles. The second kappa shape index (κ2) is 10.0. The molecule has 0 aromatic rings. The molecule has 0 aromatic heterocycles. The Balaban J connectivity index is 2.90. The van der Waals surface area contributed by atoms with Crippen LogP contribution in [-0.4, -0.2) is 65.5 Å². The minimum absolute atomic E-state index is 0.0433. The van der Waals surface area contributed by atoms with Gasteiger partial charge in [0.2, 0.25) is 0 Å². The third kappa shape index (κ3) is 4.76. The molecule has 0 bridgehead atoms. The van der Waals surface area contributed by atoms with Gasteiger partial charge in [-0.05, 0) is 47.0 Å². The minimum Gasteiger partial charge on any atom is -0.390 e. The number of aliphatic hydroxyl groups is 1. The average molecular weight is 335 g/mol. The third-order valence-electron chi connectivity index (χ3n) is 4.43. The van der Waals surface area contributed by atoms with Gasteiger partial charge in [0.1, 0.15) is 0 Å². The number of aliphatic hydroxyl groups excluding tert-OH is 1. The predicted molar refractivity (Wildman–Crippen MR) is 90.1 cm³/mol. The van der Waals surface area contributed by atoms with E-state index in [1.54, 1.807) is 0 Å². The fraction of sp³-hybridized carbons (Fsp3) is 1.00. The van der Waals surface area contributed by atoms with Crippen molar-refractivity contribution in [2.24, 2.45) is 5.92 Å². The zero-order chi connectivity index (χ0) is 16.6. The van der Waals surface area contributed by atoms with Crippen molar-refractivity contribution in [3.05, 3.63) is 0 Å². The normalized spacial score (nSPS) is 28.0. The summed E-state index contributed by atoms with van der Waals surface area (Å²) in [6, 6.07) is 0. The summed E-state index contributed by atoms with van der Waals surface area (Å²) in [5, 5.41) is 10.4. The molecule has 22 heavy (non-hydrogen) atoms. The Morgan fingerprint density at radius 3 is 2.14 bits per heavy atom. The van der Waals surface area contributed by atoms with Crippen LogP contribution in [0.2, 0.25) is 0 Å². The van der Waals surface area contributed by atoms with E-state index in [0.717, 1.165) is 23.1 Å². The Hall–Kier alpha value is 0.0169. The molecule has 4 atom stereocenters. The Morgan fingerprint density at radius 1 is 1.05 bits per heavy atom. The zero-order valence-corrected chi connectivity index (χ0v) is 16.8. The van der Waals surface area contributed by atoms with Crippen molar-refractivity contribution in [1.29, 1.82) is 0 Å². The van der Waals surface area contributed by atoms with Gasteiger partial charge in [-0.1, -0.05) is 0 Å². The van der Waals surface area contributed by atoms with E-state index in [9.17, 15) is 5.11 Å². The molecule has 6 heteroatoms. The topological polar surface area (TPSA) is 57.2 Å². The van der Waals surface area contributed by atoms with E-state index in [0.29, 0.717) is 32.8 Å². The highest BCUT2D eigenvalue weighted by Crippen LogP contribution is 2.39. The average Bonchev–Trinajstić information content (AvgIpc) is 2.49. The molecule has 0 saturated heterocycles. The fourth-order valence-corrected chi connectivity index (χ4v) is 4.69. The molecule has 0 spiro atoms. The van der Waals surface area contributed by atoms with Crippen molar-refractivity contribution in [2.75, 3.05) is 26.4 Å². The lowest BCUT2D eigenvalue weighted by Gasteiger charge is -2.47. The van der Waals surface area contributed by atoms with Gasteiger partial charge in [-0.2, -0.15) is 0 Å². The maximum Gasteiger partial charge on any atom is 0.193 e. The smallest absolute Gasteiger partial charge is 0.193 e. The van der Waals surface area contributed by atoms with Crippen LogP contribution in [0.25, 0.3) is 0 Å². The van der Waals surface area contributed by atoms with Crippen molar-refractivity contribution in [1.82, 2.24) is 0 Å². The molecule has 1 N–H and O–H groups in total. The first-order valence-electron chi connectivity index (χ1n) is 8.74. The molecule has 132 valence electrons. The molecule has 4 unspecified atom stereocenters. The SMILES string of the molecule is CCOC1CCC(C(OCC)(OCC)C([SiH3])OCC)CC1O. The Bertz CT molecular complexity index is 296. The van der Waals surface area contributed by atoms with Gasteiger partial charge < -0.3 is 24.1 Å². The highest BCUT2D eigenvalue weighted by molar-refractivity contribution is 6.11. The molecule has 1 saturated carbocycles. The highest BCUT2D eigenvalue weighted by Gasteiger charge is 2.49. The van der Waals surface area contributed by atoms with Crippen LogP contribution in [0.1, 0.15) is 47.0 Å². The summed E-state index contributed by atoms with van der Waals surface area (Å²) < 4.78 is 23.7. The Kier molecular flexibility index (Phi) is 9.12. The van der Waals surface area contributed by atoms with E-state index in [4.69, 9.17) is 18.9 Å². The second-order valence-corrected chi connectivity index (χ2v) is 6.80. The maximum absolute atomic E-state index is 10.4. The number of hydrogen-bond acceptors (Lipinski definition) is 5. The first-order chi connectivity index (χ1) is 10.6. The van der Waals surface area contributed by atoms with E-state index < -0.39 is 11.9 Å². The van der Waals surface area contributed by atoms with E-state index in [-0.39, 0.29) is 17.7 Å². The van der Waals surface area contributed by atoms with Crippen LogP contribution in [0, 0.1) is 5.92 Å². The Labute approximate surface area is 138 Å². The lowest BCUT2D eigenvalue weighted by molar-refractivity contribution is -0.306. The lowest BCUT2D eigenvalue weighted by atomic mass is 9.79. The molecule has 0 aromatic carbocycles. The third-order valence-corrected chi connectivity index (χ3v) is 5.57. The summed E-state index contributed by atoms with van der Waals surface area (Å²) in [5.74, 6) is -0.600. The summed E-state index contributed by atoms with van der Waals surface area (Å²) in [6.07, 6.45) is 1.86. The fourth-order valence-electron chi connectivity index (χ4n) is 3.55. The summed E-state index contributed by atoms with van der Waals surface area (Å²) in [4.78, 5) is 0. The van der Waals surface area contributed by atoms with Crippen LogP contribution in [-0.2, 0) is 18.9 Å². The summed E-state index contributed by atoms with van der Waals surface area (Å²) in [7, 11) is 0.822. The molecule has 5 nitrogen and oxygen atoms in total. The lowest BCUT2D eigenvalue weighted by Crippen LogP contribution is -2.57. The van der Waals surface area contributed by atoms with Crippen molar-refractivity contribution < 1.29 is 24.1 Å². The summed E-state index contributed by atoms with van der Waals surface area (Å²) in [6.45, 7) is 10.4. The Morgan fingerprint density at radius 2 is 1.68 bits per heavy atom. The quantitative estimate of drug-likeness (QED) is 0.478. The summed E-state index contributed by atoms with van der Waals surface area (Å²) >= 11 is 0. The van der Waals surface area contributed by atoms with Gasteiger partial charge in [0.25, 0.3) is 0 Å². The molecule has 1 fully saturated rings. The van der Waals surface area contributed by atoms with Gasteiger partial charge in [0, 0.05) is 42.6 Å². The monoisotopic (exact) mass is 334 g/mol. The molecular formula is C16H34O5Si. The van der Waals surface area contributed by atoms with E-state index >= 15 is 0 Å². The van der Waals surface area contributed by atoms with Crippen molar-refractivity contribution in [3.63, 3.8) is 0 Å². The molecule has 0 aliphatic heterocycles. The molecule has 1 aliphatic rings. The van der Waals surface area contributed by atoms with Crippen molar-refractivity contribution >= 4 is 10.2 Å². The first-order valence-corrected chi connectivity index (χ1v) is 9.90. The van der Waals surface area contributed by atoms with Crippen LogP contribution in [0.15, 0.2) is 0 Å². The zero-order valence-electron chi connectivity index (χ0n) is 14.8. The highest BCUT2D eigenvalue weighted by atomic mass is 28.1. The van der Waals surface area contributed by atoms with Gasteiger partial charge in [-0.15, -0.1) is 0 Å². The van der Waals surface area contributed by atoms with Crippen molar-refractivity contribution in [2.45, 2.75) is 70.7 Å². The van der Waals surface area contributed by atoms with E-state index in [1.165, 1.54) is 0 Å². The second-order valence-electron chi connectivity index (χ2n) is 5.76. The largest absolute Gasteiger partial charge is 0.390 e. The number of hydrogen-bond donors (Lipinski definition) is 1. The van der Waals surface area contributed by atoms with E-state index in [2.05, 4.69) is 0 Å². The van der Waals surface area contributed by atoms with Crippen LogP contribution in [0.5, 0.6) is 0 Å². The number of ether oxygens (including phenoxy) is 4. The molecule has 0 amide bonds. The standard InChI is InChI=1S/C16H34O5Si/c1-5-18-14-10-9-12(11-13(14)17)16(20-7-3,21-8-4)15(22)19-6-2/h12-15,17H,5-11H2,1-4,22H3. The number of rotatable bonds is 10. The van der Waals surface area contributed by atoms with Gasteiger partial charge in [-0.25, -0.2) is 0 Å². The van der Waals surface area contributed by atoms with Crippen LogP contribution >= 0.6 is 0 Å². The van der Waals surface area contributed by atoms with Crippen LogP contribution in [0.4, 0.5) is 0 Å². The summed E-state index contributed by atoms with van der Waals surface area (Å²) in [5.41, 5.74) is -0.0433. The molecule has 1 rings (SSSR count). The molecule has 0 radical (unpaired) electrons. The molecule has 1 aliphatic carbocycles. The molecular weight excluding hydrogens is 300 g/mol. The van der Waals surface area contributed by atoms with Gasteiger partial charge in [0.15, 0.2) is 5.79 Å².